The first-order valence-corrected chi connectivity index (χ1v) is 5.94. The zero-order valence-electron chi connectivity index (χ0n) is 11.5. The Hall–Kier alpha value is -2.34. The Kier molecular flexibility index (Phi) is 4.37. The number of rotatable bonds is 5. The highest BCUT2D eigenvalue weighted by Gasteiger charge is 2.22. The van der Waals surface area contributed by atoms with Crippen molar-refractivity contribution in [2.45, 2.75) is 6.10 Å². The van der Waals surface area contributed by atoms with Gasteiger partial charge < -0.3 is 19.3 Å². The van der Waals surface area contributed by atoms with E-state index in [1.165, 1.54) is 20.5 Å². The Bertz CT molecular complexity index is 575. The Balaban J connectivity index is 2.51. The molecule has 1 N–H and O–H groups in total. The summed E-state index contributed by atoms with van der Waals surface area (Å²) in [7, 11) is 4.57. The van der Waals surface area contributed by atoms with Crippen LogP contribution in [0.4, 0.5) is 0 Å². The second kappa shape index (κ2) is 6.21. The van der Waals surface area contributed by atoms with E-state index in [4.69, 9.17) is 14.2 Å². The monoisotopic (exact) mass is 276 g/mol. The smallest absolute Gasteiger partial charge is 0.203 e. The highest BCUT2D eigenvalue weighted by Crippen LogP contribution is 2.43. The molecule has 6 nitrogen and oxygen atoms in total. The number of ether oxygens (including phenoxy) is 3. The van der Waals surface area contributed by atoms with E-state index < -0.39 is 6.10 Å². The van der Waals surface area contributed by atoms with Crippen LogP contribution in [0, 0.1) is 0 Å². The second-order valence-corrected chi connectivity index (χ2v) is 4.00. The van der Waals surface area contributed by atoms with Gasteiger partial charge >= 0.3 is 0 Å². The van der Waals surface area contributed by atoms with Crippen LogP contribution in [0.2, 0.25) is 0 Å². The van der Waals surface area contributed by atoms with Gasteiger partial charge in [-0.15, -0.1) is 0 Å². The molecule has 2 aromatic rings. The molecule has 0 bridgehead atoms. The van der Waals surface area contributed by atoms with Gasteiger partial charge in [0.1, 0.15) is 12.4 Å². The van der Waals surface area contributed by atoms with Crippen molar-refractivity contribution in [2.24, 2.45) is 0 Å². The van der Waals surface area contributed by atoms with E-state index in [-0.39, 0.29) is 0 Å². The first kappa shape index (κ1) is 14.1. The molecule has 0 aliphatic rings. The summed E-state index contributed by atoms with van der Waals surface area (Å²) in [5.74, 6) is 1.39. The van der Waals surface area contributed by atoms with E-state index in [0.717, 1.165) is 0 Å². The first-order valence-electron chi connectivity index (χ1n) is 5.94. The van der Waals surface area contributed by atoms with Gasteiger partial charge in [-0.3, -0.25) is 0 Å². The van der Waals surface area contributed by atoms with Gasteiger partial charge in [-0.1, -0.05) is 0 Å². The average Bonchev–Trinajstić information content (AvgIpc) is 2.53. The van der Waals surface area contributed by atoms with E-state index in [1.807, 2.05) is 0 Å². The van der Waals surface area contributed by atoms with E-state index in [9.17, 15) is 5.11 Å². The zero-order valence-corrected chi connectivity index (χ0v) is 11.5. The molecule has 0 amide bonds. The summed E-state index contributed by atoms with van der Waals surface area (Å²) in [6.07, 6.45) is 3.59. The molecule has 1 heterocycles. The van der Waals surface area contributed by atoms with Crippen LogP contribution in [-0.4, -0.2) is 36.4 Å². The van der Waals surface area contributed by atoms with Gasteiger partial charge in [0.05, 0.1) is 21.3 Å². The van der Waals surface area contributed by atoms with Crippen molar-refractivity contribution < 1.29 is 19.3 Å². The van der Waals surface area contributed by atoms with Crippen LogP contribution in [0.5, 0.6) is 17.2 Å². The van der Waals surface area contributed by atoms with Crippen molar-refractivity contribution in [3.8, 4) is 17.2 Å². The minimum Gasteiger partial charge on any atom is -0.493 e. The third kappa shape index (κ3) is 2.50. The lowest BCUT2D eigenvalue weighted by Gasteiger charge is -2.18. The predicted molar refractivity (Wildman–Crippen MR) is 72.2 cm³/mol. The molecule has 0 aliphatic heterocycles. The molecule has 106 valence electrons. The lowest BCUT2D eigenvalue weighted by atomic mass is 10.0. The fourth-order valence-corrected chi connectivity index (χ4v) is 1.97. The van der Waals surface area contributed by atoms with Crippen molar-refractivity contribution in [3.63, 3.8) is 0 Å². The van der Waals surface area contributed by atoms with Crippen LogP contribution < -0.4 is 14.2 Å². The summed E-state index contributed by atoms with van der Waals surface area (Å²) < 4.78 is 15.8. The number of methoxy groups -OCH3 is 3. The van der Waals surface area contributed by atoms with Gasteiger partial charge in [-0.25, -0.2) is 9.97 Å². The Morgan fingerprint density at radius 1 is 0.950 bits per heavy atom. The summed E-state index contributed by atoms with van der Waals surface area (Å²) in [4.78, 5) is 7.79. The fourth-order valence-electron chi connectivity index (χ4n) is 1.97. The van der Waals surface area contributed by atoms with Crippen LogP contribution >= 0.6 is 0 Å². The minimum absolute atomic E-state index is 0.420. The molecule has 6 heteroatoms. The quantitative estimate of drug-likeness (QED) is 0.894. The molecule has 0 spiro atoms. The SMILES string of the molecule is COc1ccc(C(O)c2cncnc2)c(OC)c1OC. The number of aliphatic hydroxyl groups excluding tert-OH is 1. The number of aromatic nitrogens is 2. The Morgan fingerprint density at radius 2 is 1.60 bits per heavy atom. The molecule has 2 rings (SSSR count). The molecule has 0 saturated carbocycles. The third-order valence-electron chi connectivity index (χ3n) is 2.93. The van der Waals surface area contributed by atoms with Gasteiger partial charge in [-0.05, 0) is 12.1 Å². The molecule has 0 radical (unpaired) electrons. The molecular weight excluding hydrogens is 260 g/mol. The minimum atomic E-state index is -0.911. The van der Waals surface area contributed by atoms with E-state index in [2.05, 4.69) is 9.97 Å². The summed E-state index contributed by atoms with van der Waals surface area (Å²) in [6.45, 7) is 0. The summed E-state index contributed by atoms with van der Waals surface area (Å²) in [6, 6.07) is 3.43. The molecule has 1 aromatic heterocycles. The van der Waals surface area contributed by atoms with Gasteiger partial charge in [0.15, 0.2) is 11.5 Å². The van der Waals surface area contributed by atoms with Crippen molar-refractivity contribution in [2.75, 3.05) is 21.3 Å². The maximum atomic E-state index is 10.4. The van der Waals surface area contributed by atoms with Crippen LogP contribution in [0.15, 0.2) is 30.9 Å². The van der Waals surface area contributed by atoms with Gasteiger partial charge in [0, 0.05) is 23.5 Å². The highest BCUT2D eigenvalue weighted by molar-refractivity contribution is 5.57. The topological polar surface area (TPSA) is 73.7 Å². The van der Waals surface area contributed by atoms with Gasteiger partial charge in [-0.2, -0.15) is 0 Å². The van der Waals surface area contributed by atoms with Gasteiger partial charge in [0.25, 0.3) is 0 Å². The number of hydrogen-bond donors (Lipinski definition) is 1. The van der Waals surface area contributed by atoms with Crippen LogP contribution in [0.1, 0.15) is 17.2 Å². The van der Waals surface area contributed by atoms with E-state index in [1.54, 1.807) is 31.6 Å². The molecule has 0 aliphatic carbocycles. The van der Waals surface area contributed by atoms with Crippen LogP contribution in [0.3, 0.4) is 0 Å². The molecule has 1 aromatic carbocycles. The lowest BCUT2D eigenvalue weighted by molar-refractivity contribution is 0.211. The van der Waals surface area contributed by atoms with Crippen molar-refractivity contribution in [1.82, 2.24) is 9.97 Å². The molecular formula is C14H16N2O4. The maximum absolute atomic E-state index is 10.4. The predicted octanol–water partition coefficient (Wildman–Crippen LogP) is 1.58. The van der Waals surface area contributed by atoms with Crippen molar-refractivity contribution >= 4 is 0 Å². The maximum Gasteiger partial charge on any atom is 0.203 e. The molecule has 20 heavy (non-hydrogen) atoms. The molecule has 0 fully saturated rings. The van der Waals surface area contributed by atoms with Crippen molar-refractivity contribution in [3.05, 3.63) is 42.0 Å². The van der Waals surface area contributed by atoms with Crippen LogP contribution in [-0.2, 0) is 0 Å². The normalized spacial score (nSPS) is 11.8. The molecule has 0 saturated heterocycles. The molecule has 1 unspecified atom stereocenters. The standard InChI is InChI=1S/C14H16N2O4/c1-18-11-5-4-10(13(19-2)14(11)20-3)12(17)9-6-15-8-16-7-9/h4-8,12,17H,1-3H3. The zero-order chi connectivity index (χ0) is 14.5. The Labute approximate surface area is 117 Å². The Morgan fingerprint density at radius 3 is 2.15 bits per heavy atom. The fraction of sp³-hybridized carbons (Fsp3) is 0.286. The summed E-state index contributed by atoms with van der Waals surface area (Å²) in [5.41, 5.74) is 1.12. The summed E-state index contributed by atoms with van der Waals surface area (Å²) >= 11 is 0. The van der Waals surface area contributed by atoms with E-state index in [0.29, 0.717) is 28.4 Å². The van der Waals surface area contributed by atoms with Crippen molar-refractivity contribution in [1.29, 1.82) is 0 Å². The second-order valence-electron chi connectivity index (χ2n) is 4.00. The number of benzene rings is 1. The van der Waals surface area contributed by atoms with Gasteiger partial charge in [0.2, 0.25) is 5.75 Å². The summed E-state index contributed by atoms with van der Waals surface area (Å²) in [5, 5.41) is 10.4. The lowest BCUT2D eigenvalue weighted by Crippen LogP contribution is -2.05. The van der Waals surface area contributed by atoms with E-state index >= 15 is 0 Å². The molecule has 1 atom stereocenters. The highest BCUT2D eigenvalue weighted by atomic mass is 16.5. The first-order chi connectivity index (χ1) is 9.72. The number of hydrogen-bond acceptors (Lipinski definition) is 6. The van der Waals surface area contributed by atoms with Crippen LogP contribution in [0.25, 0.3) is 0 Å². The number of aliphatic hydroxyl groups is 1. The average molecular weight is 276 g/mol. The number of nitrogens with zero attached hydrogens (tertiary/aromatic N) is 2. The third-order valence-corrected chi connectivity index (χ3v) is 2.93. The largest absolute Gasteiger partial charge is 0.493 e.